The average Bonchev–Trinajstić information content (AvgIpc) is 2.73. The van der Waals surface area contributed by atoms with Crippen molar-refractivity contribution in [2.24, 2.45) is 0 Å². The van der Waals surface area contributed by atoms with Gasteiger partial charge in [-0.25, -0.2) is 0 Å². The molecule has 0 saturated heterocycles. The van der Waals surface area contributed by atoms with Crippen molar-refractivity contribution in [3.05, 3.63) is 52.0 Å². The van der Waals surface area contributed by atoms with Gasteiger partial charge in [0.25, 0.3) is 5.91 Å². The van der Waals surface area contributed by atoms with E-state index in [0.717, 1.165) is 22.9 Å². The number of rotatable bonds is 12. The van der Waals surface area contributed by atoms with Crippen molar-refractivity contribution in [2.75, 3.05) is 34.0 Å². The molecule has 2 aromatic rings. The fourth-order valence-corrected chi connectivity index (χ4v) is 2.95. The summed E-state index contributed by atoms with van der Waals surface area (Å²) in [4.78, 5) is 12.7. The van der Waals surface area contributed by atoms with Crippen LogP contribution in [-0.4, -0.2) is 39.9 Å². The van der Waals surface area contributed by atoms with Gasteiger partial charge in [-0.2, -0.15) is 0 Å². The van der Waals surface area contributed by atoms with E-state index >= 15 is 0 Å². The highest BCUT2D eigenvalue weighted by atomic mass is 79.9. The summed E-state index contributed by atoms with van der Waals surface area (Å²) in [5, 5.41) is 2.93. The molecule has 0 saturated carbocycles. The molecule has 2 rings (SSSR count). The third-order valence-corrected chi connectivity index (χ3v) is 4.66. The molecule has 0 fully saturated rings. The van der Waals surface area contributed by atoms with Gasteiger partial charge in [0.1, 0.15) is 12.4 Å². The second-order valence-corrected chi connectivity index (χ2v) is 7.27. The van der Waals surface area contributed by atoms with Crippen LogP contribution >= 0.6 is 15.9 Å². The number of hydrogen-bond acceptors (Lipinski definition) is 5. The Kier molecular flexibility index (Phi) is 9.80. The minimum absolute atomic E-state index is 0.221. The van der Waals surface area contributed by atoms with Crippen molar-refractivity contribution in [1.29, 1.82) is 0 Å². The number of halogens is 1. The van der Waals surface area contributed by atoms with E-state index in [1.54, 1.807) is 26.4 Å². The molecule has 0 atom stereocenters. The summed E-state index contributed by atoms with van der Waals surface area (Å²) in [5.74, 6) is 1.65. The van der Waals surface area contributed by atoms with Crippen molar-refractivity contribution < 1.29 is 23.7 Å². The van der Waals surface area contributed by atoms with E-state index in [9.17, 15) is 4.79 Å². The molecule has 0 aliphatic heterocycles. The topological polar surface area (TPSA) is 66.0 Å². The summed E-state index contributed by atoms with van der Waals surface area (Å²) in [6.07, 6.45) is 2.06. The summed E-state index contributed by atoms with van der Waals surface area (Å²) < 4.78 is 22.6. The van der Waals surface area contributed by atoms with Gasteiger partial charge in [-0.3, -0.25) is 4.79 Å². The third-order valence-electron chi connectivity index (χ3n) is 4.17. The number of unbranched alkanes of at least 4 members (excludes halogenated alkanes) is 1. The van der Waals surface area contributed by atoms with Crippen LogP contribution in [0.1, 0.15) is 35.7 Å². The first-order valence-corrected chi connectivity index (χ1v) is 10.4. The zero-order valence-electron chi connectivity index (χ0n) is 17.1. The maximum Gasteiger partial charge on any atom is 0.255 e. The van der Waals surface area contributed by atoms with Crippen LogP contribution in [-0.2, 0) is 11.3 Å². The Morgan fingerprint density at radius 3 is 2.45 bits per heavy atom. The Hall–Kier alpha value is -2.25. The van der Waals surface area contributed by atoms with Gasteiger partial charge < -0.3 is 24.3 Å². The molecular weight excluding hydrogens is 438 g/mol. The summed E-state index contributed by atoms with van der Waals surface area (Å²) in [6, 6.07) is 11.0. The lowest BCUT2D eigenvalue weighted by atomic mass is 10.1. The van der Waals surface area contributed by atoms with Crippen molar-refractivity contribution in [1.82, 2.24) is 5.32 Å². The van der Waals surface area contributed by atoms with Gasteiger partial charge in [0.05, 0.1) is 25.9 Å². The number of amides is 1. The lowest BCUT2D eigenvalue weighted by molar-refractivity contribution is 0.0943. The minimum Gasteiger partial charge on any atom is -0.493 e. The van der Waals surface area contributed by atoms with Crippen LogP contribution in [0, 0.1) is 0 Å². The van der Waals surface area contributed by atoms with E-state index in [1.807, 2.05) is 24.3 Å². The fraction of sp³-hybridized carbons (Fsp3) is 0.409. The minimum atomic E-state index is -0.221. The van der Waals surface area contributed by atoms with Crippen molar-refractivity contribution in [3.63, 3.8) is 0 Å². The van der Waals surface area contributed by atoms with Gasteiger partial charge in [0.2, 0.25) is 0 Å². The largest absolute Gasteiger partial charge is 0.493 e. The molecular formula is C22H28BrNO5. The van der Waals surface area contributed by atoms with E-state index in [0.29, 0.717) is 49.2 Å². The first-order valence-electron chi connectivity index (χ1n) is 9.58. The quantitative estimate of drug-likeness (QED) is 0.464. The van der Waals surface area contributed by atoms with Crippen LogP contribution in [0.3, 0.4) is 0 Å². The highest BCUT2D eigenvalue weighted by molar-refractivity contribution is 9.10. The molecule has 7 heteroatoms. The number of hydrogen-bond donors (Lipinski definition) is 1. The van der Waals surface area contributed by atoms with Gasteiger partial charge in [-0.1, -0.05) is 35.3 Å². The highest BCUT2D eigenvalue weighted by Gasteiger charge is 2.14. The molecule has 1 N–H and O–H groups in total. The van der Waals surface area contributed by atoms with Crippen LogP contribution in [0.2, 0.25) is 0 Å². The molecule has 2 aromatic carbocycles. The number of carbonyl (C=O) groups excluding carboxylic acids is 1. The highest BCUT2D eigenvalue weighted by Crippen LogP contribution is 2.28. The monoisotopic (exact) mass is 465 g/mol. The van der Waals surface area contributed by atoms with E-state index in [2.05, 4.69) is 28.2 Å². The fourth-order valence-electron chi connectivity index (χ4n) is 2.59. The predicted molar refractivity (Wildman–Crippen MR) is 116 cm³/mol. The van der Waals surface area contributed by atoms with Crippen molar-refractivity contribution >= 4 is 21.8 Å². The van der Waals surface area contributed by atoms with E-state index < -0.39 is 0 Å². The Bertz CT molecular complexity index is 797. The summed E-state index contributed by atoms with van der Waals surface area (Å²) in [6.45, 7) is 3.94. The predicted octanol–water partition coefficient (Wildman–Crippen LogP) is 4.59. The zero-order valence-corrected chi connectivity index (χ0v) is 18.7. The summed E-state index contributed by atoms with van der Waals surface area (Å²) >= 11 is 3.40. The van der Waals surface area contributed by atoms with Gasteiger partial charge in [0, 0.05) is 18.1 Å². The number of carbonyl (C=O) groups is 1. The second kappa shape index (κ2) is 12.3. The number of ether oxygens (including phenoxy) is 4. The molecule has 6 nitrogen and oxygen atoms in total. The Labute approximate surface area is 180 Å². The van der Waals surface area contributed by atoms with Gasteiger partial charge in [-0.15, -0.1) is 0 Å². The third kappa shape index (κ3) is 7.25. The second-order valence-electron chi connectivity index (χ2n) is 6.35. The molecule has 0 spiro atoms. The Morgan fingerprint density at radius 2 is 1.72 bits per heavy atom. The van der Waals surface area contributed by atoms with E-state index in [1.165, 1.54) is 0 Å². The molecule has 0 radical (unpaired) electrons. The van der Waals surface area contributed by atoms with Gasteiger partial charge in [0.15, 0.2) is 11.5 Å². The maximum atomic E-state index is 12.7. The lowest BCUT2D eigenvalue weighted by Crippen LogP contribution is -2.24. The van der Waals surface area contributed by atoms with Gasteiger partial charge >= 0.3 is 0 Å². The molecule has 0 heterocycles. The summed E-state index contributed by atoms with van der Waals surface area (Å²) in [7, 11) is 3.21. The Morgan fingerprint density at radius 1 is 0.966 bits per heavy atom. The van der Waals surface area contributed by atoms with Crippen LogP contribution in [0.15, 0.2) is 40.9 Å². The molecule has 0 bridgehead atoms. The van der Waals surface area contributed by atoms with Crippen LogP contribution in [0.5, 0.6) is 17.2 Å². The molecule has 29 heavy (non-hydrogen) atoms. The number of benzene rings is 2. The number of methoxy groups -OCH3 is 2. The van der Waals surface area contributed by atoms with Crippen LogP contribution < -0.4 is 19.5 Å². The molecule has 0 aliphatic carbocycles. The maximum absolute atomic E-state index is 12.7. The molecule has 1 amide bonds. The van der Waals surface area contributed by atoms with Crippen molar-refractivity contribution in [2.45, 2.75) is 26.3 Å². The molecule has 0 unspecified atom stereocenters. The first kappa shape index (κ1) is 23.0. The lowest BCUT2D eigenvalue weighted by Gasteiger charge is -2.14. The van der Waals surface area contributed by atoms with Gasteiger partial charge in [-0.05, 0) is 42.3 Å². The molecule has 0 aromatic heterocycles. The summed E-state index contributed by atoms with van der Waals surface area (Å²) in [5.41, 5.74) is 1.37. The standard InChI is InChI=1S/C22H28BrNO5/c1-4-5-10-28-20-8-6-16(13-21(20)27-3)15-24-22(25)18-14-17(23)7-9-19(18)29-12-11-26-2/h6-9,13-14H,4-5,10-12,15H2,1-3H3,(H,24,25). The van der Waals surface area contributed by atoms with E-state index in [-0.39, 0.29) is 5.91 Å². The Balaban J connectivity index is 2.04. The molecule has 158 valence electrons. The van der Waals surface area contributed by atoms with Crippen LogP contribution in [0.25, 0.3) is 0 Å². The zero-order chi connectivity index (χ0) is 21.1. The normalized spacial score (nSPS) is 10.5. The van der Waals surface area contributed by atoms with E-state index in [4.69, 9.17) is 18.9 Å². The first-order chi connectivity index (χ1) is 14.1. The smallest absolute Gasteiger partial charge is 0.255 e. The van der Waals surface area contributed by atoms with Crippen molar-refractivity contribution in [3.8, 4) is 17.2 Å². The van der Waals surface area contributed by atoms with Crippen LogP contribution in [0.4, 0.5) is 0 Å². The SMILES string of the molecule is CCCCOc1ccc(CNC(=O)c2cc(Br)ccc2OCCOC)cc1OC. The molecule has 0 aliphatic rings. The average molecular weight is 466 g/mol. The number of nitrogens with one attached hydrogen (secondary N) is 1.